The average molecular weight is 394 g/mol. The number of aromatic nitrogens is 3. The number of benzene rings is 1. The highest BCUT2D eigenvalue weighted by molar-refractivity contribution is 5.69. The van der Waals surface area contributed by atoms with E-state index in [9.17, 15) is 8.78 Å². The molecule has 4 aromatic rings. The molecule has 4 rings (SSSR count). The quantitative estimate of drug-likeness (QED) is 0.528. The lowest BCUT2D eigenvalue weighted by Gasteiger charge is -2.08. The zero-order valence-electron chi connectivity index (χ0n) is 15.2. The van der Waals surface area contributed by atoms with Crippen LogP contribution in [0.15, 0.2) is 65.4 Å². The monoisotopic (exact) mass is 394 g/mol. The Hall–Kier alpha value is -3.81. The fraction of sp³-hybridized carbons (Fsp3) is 0.0952. The summed E-state index contributed by atoms with van der Waals surface area (Å²) in [6.45, 7) is 0.0374. The summed E-state index contributed by atoms with van der Waals surface area (Å²) in [6.07, 6.45) is 3.05. The Labute approximate surface area is 165 Å². The van der Waals surface area contributed by atoms with Crippen molar-refractivity contribution in [3.05, 3.63) is 89.5 Å². The summed E-state index contributed by atoms with van der Waals surface area (Å²) in [5.41, 5.74) is 8.33. The maximum absolute atomic E-state index is 14.4. The highest BCUT2D eigenvalue weighted by Crippen LogP contribution is 2.26. The normalized spacial score (nSPS) is 10.8. The first kappa shape index (κ1) is 18.5. The van der Waals surface area contributed by atoms with Crippen LogP contribution >= 0.6 is 0 Å². The molecule has 8 heteroatoms. The molecule has 3 heterocycles. The predicted molar refractivity (Wildman–Crippen MR) is 102 cm³/mol. The molecule has 0 unspecified atom stereocenters. The Bertz CT molecular complexity index is 1130. The van der Waals surface area contributed by atoms with Crippen molar-refractivity contribution in [3.63, 3.8) is 0 Å². The molecule has 0 bridgehead atoms. The SMILES string of the molecule is Nc1ncccc1-c1cc(Cc2ccc(OCc3ccc(F)cn3)c(F)c2)no1. The van der Waals surface area contributed by atoms with Crippen molar-refractivity contribution in [2.45, 2.75) is 13.0 Å². The Morgan fingerprint density at radius 3 is 2.66 bits per heavy atom. The van der Waals surface area contributed by atoms with Gasteiger partial charge in [-0.3, -0.25) is 4.98 Å². The number of nitrogen functional groups attached to an aromatic ring is 1. The van der Waals surface area contributed by atoms with Crippen LogP contribution in [0.3, 0.4) is 0 Å². The van der Waals surface area contributed by atoms with E-state index < -0.39 is 11.6 Å². The summed E-state index contributed by atoms with van der Waals surface area (Å²) in [6, 6.07) is 12.7. The van der Waals surface area contributed by atoms with Gasteiger partial charge in [0.25, 0.3) is 0 Å². The molecule has 29 heavy (non-hydrogen) atoms. The van der Waals surface area contributed by atoms with Gasteiger partial charge in [0.05, 0.1) is 23.1 Å². The molecule has 0 aliphatic carbocycles. The van der Waals surface area contributed by atoms with Crippen LogP contribution < -0.4 is 10.5 Å². The minimum atomic E-state index is -0.509. The molecular weight excluding hydrogens is 378 g/mol. The largest absolute Gasteiger partial charge is 0.484 e. The molecule has 0 saturated carbocycles. The third-order valence-electron chi connectivity index (χ3n) is 4.21. The fourth-order valence-corrected chi connectivity index (χ4v) is 2.77. The topological polar surface area (TPSA) is 87.1 Å². The summed E-state index contributed by atoms with van der Waals surface area (Å²) >= 11 is 0. The molecule has 3 aromatic heterocycles. The van der Waals surface area contributed by atoms with Crippen molar-refractivity contribution in [1.29, 1.82) is 0 Å². The van der Waals surface area contributed by atoms with Gasteiger partial charge < -0.3 is 15.0 Å². The summed E-state index contributed by atoms with van der Waals surface area (Å²) in [5.74, 6) is -0.0172. The molecule has 0 aliphatic heterocycles. The van der Waals surface area contributed by atoms with Crippen LogP contribution in [0.1, 0.15) is 17.0 Å². The van der Waals surface area contributed by atoms with Gasteiger partial charge in [-0.25, -0.2) is 13.8 Å². The van der Waals surface area contributed by atoms with Crippen LogP contribution in [0.5, 0.6) is 5.75 Å². The Kier molecular flexibility index (Phi) is 5.15. The van der Waals surface area contributed by atoms with Gasteiger partial charge in [0, 0.05) is 18.7 Å². The summed E-state index contributed by atoms with van der Waals surface area (Å²) in [7, 11) is 0. The maximum Gasteiger partial charge on any atom is 0.170 e. The standard InChI is InChI=1S/C21H16F2N4O2/c22-14-4-5-15(26-11-14)12-28-19-6-3-13(9-18(19)23)8-16-10-20(29-27-16)17-2-1-7-25-21(17)24/h1-7,9-11H,8,12H2,(H2,24,25). The molecule has 0 atom stereocenters. The molecule has 0 spiro atoms. The van der Waals surface area contributed by atoms with Gasteiger partial charge in [-0.1, -0.05) is 11.2 Å². The van der Waals surface area contributed by atoms with Gasteiger partial charge in [-0.15, -0.1) is 0 Å². The van der Waals surface area contributed by atoms with Crippen LogP contribution in [-0.4, -0.2) is 15.1 Å². The Balaban J connectivity index is 1.43. The van der Waals surface area contributed by atoms with Gasteiger partial charge >= 0.3 is 0 Å². The number of rotatable bonds is 6. The molecule has 0 saturated heterocycles. The highest BCUT2D eigenvalue weighted by atomic mass is 19.1. The molecule has 0 aliphatic rings. The summed E-state index contributed by atoms with van der Waals surface area (Å²) in [4.78, 5) is 7.89. The zero-order chi connectivity index (χ0) is 20.2. The van der Waals surface area contributed by atoms with E-state index in [1.807, 2.05) is 0 Å². The van der Waals surface area contributed by atoms with Crippen LogP contribution in [-0.2, 0) is 13.0 Å². The Morgan fingerprint density at radius 2 is 1.90 bits per heavy atom. The Morgan fingerprint density at radius 1 is 1.00 bits per heavy atom. The number of halogens is 2. The van der Waals surface area contributed by atoms with Crippen LogP contribution in [0, 0.1) is 11.6 Å². The summed E-state index contributed by atoms with van der Waals surface area (Å²) < 4.78 is 38.0. The maximum atomic E-state index is 14.4. The molecule has 0 amide bonds. The van der Waals surface area contributed by atoms with Gasteiger partial charge in [-0.2, -0.15) is 0 Å². The summed E-state index contributed by atoms with van der Waals surface area (Å²) in [5, 5.41) is 4.01. The van der Waals surface area contributed by atoms with E-state index in [4.69, 9.17) is 15.0 Å². The number of pyridine rings is 2. The van der Waals surface area contributed by atoms with Crippen molar-refractivity contribution in [1.82, 2.24) is 15.1 Å². The molecule has 0 radical (unpaired) electrons. The number of hydrogen-bond acceptors (Lipinski definition) is 6. The van der Waals surface area contributed by atoms with E-state index in [1.54, 1.807) is 30.5 Å². The minimum Gasteiger partial charge on any atom is -0.484 e. The van der Waals surface area contributed by atoms with Crippen molar-refractivity contribution < 1.29 is 18.0 Å². The van der Waals surface area contributed by atoms with E-state index in [1.165, 1.54) is 24.3 Å². The zero-order valence-corrected chi connectivity index (χ0v) is 15.2. The van der Waals surface area contributed by atoms with E-state index >= 15 is 0 Å². The molecular formula is C21H16F2N4O2. The number of anilines is 1. The smallest absolute Gasteiger partial charge is 0.170 e. The average Bonchev–Trinajstić information content (AvgIpc) is 3.17. The van der Waals surface area contributed by atoms with Crippen molar-refractivity contribution >= 4 is 5.82 Å². The van der Waals surface area contributed by atoms with Crippen LogP contribution in [0.2, 0.25) is 0 Å². The second-order valence-electron chi connectivity index (χ2n) is 6.32. The highest BCUT2D eigenvalue weighted by Gasteiger charge is 2.12. The lowest BCUT2D eigenvalue weighted by molar-refractivity contribution is 0.285. The predicted octanol–water partition coefficient (Wildman–Crippen LogP) is 4.16. The molecule has 6 nitrogen and oxygen atoms in total. The van der Waals surface area contributed by atoms with Crippen molar-refractivity contribution in [3.8, 4) is 17.1 Å². The molecule has 146 valence electrons. The van der Waals surface area contributed by atoms with E-state index in [0.29, 0.717) is 40.5 Å². The van der Waals surface area contributed by atoms with Gasteiger partial charge in [0.2, 0.25) is 0 Å². The number of hydrogen-bond donors (Lipinski definition) is 1. The van der Waals surface area contributed by atoms with E-state index in [0.717, 1.165) is 6.20 Å². The number of nitrogens with two attached hydrogens (primary N) is 1. The van der Waals surface area contributed by atoms with Gasteiger partial charge in [-0.05, 0) is 42.0 Å². The van der Waals surface area contributed by atoms with E-state index in [2.05, 4.69) is 15.1 Å². The minimum absolute atomic E-state index is 0.0374. The third kappa shape index (κ3) is 4.37. The lowest BCUT2D eigenvalue weighted by atomic mass is 10.1. The van der Waals surface area contributed by atoms with Crippen LogP contribution in [0.25, 0.3) is 11.3 Å². The van der Waals surface area contributed by atoms with Gasteiger partial charge in [0.15, 0.2) is 17.3 Å². The van der Waals surface area contributed by atoms with Crippen LogP contribution in [0.4, 0.5) is 14.6 Å². The number of nitrogens with zero attached hydrogens (tertiary/aromatic N) is 3. The molecule has 0 fully saturated rings. The first-order valence-electron chi connectivity index (χ1n) is 8.76. The first-order valence-corrected chi connectivity index (χ1v) is 8.76. The molecule has 1 aromatic carbocycles. The second-order valence-corrected chi connectivity index (χ2v) is 6.32. The second kappa shape index (κ2) is 8.05. The molecule has 2 N–H and O–H groups in total. The van der Waals surface area contributed by atoms with Crippen molar-refractivity contribution in [2.75, 3.05) is 5.73 Å². The van der Waals surface area contributed by atoms with E-state index in [-0.39, 0.29) is 12.4 Å². The first-order chi connectivity index (χ1) is 14.1. The third-order valence-corrected chi connectivity index (χ3v) is 4.21. The van der Waals surface area contributed by atoms with Crippen molar-refractivity contribution in [2.24, 2.45) is 0 Å². The number of ether oxygens (including phenoxy) is 1. The van der Waals surface area contributed by atoms with Gasteiger partial charge in [0.1, 0.15) is 18.2 Å². The fourth-order valence-electron chi connectivity index (χ4n) is 2.77. The lowest BCUT2D eigenvalue weighted by Crippen LogP contribution is -2.00.